The zero-order valence-electron chi connectivity index (χ0n) is 10.7. The summed E-state index contributed by atoms with van der Waals surface area (Å²) in [5, 5.41) is 0. The lowest BCUT2D eigenvalue weighted by molar-refractivity contribution is 0.350. The maximum Gasteiger partial charge on any atom is 0.328 e. The van der Waals surface area contributed by atoms with Crippen LogP contribution in [0.2, 0.25) is 0 Å². The monoisotopic (exact) mass is 250 g/mol. The van der Waals surface area contributed by atoms with Gasteiger partial charge in [0, 0.05) is 0 Å². The van der Waals surface area contributed by atoms with Crippen LogP contribution in [0.4, 0.5) is 0 Å². The Labute approximate surface area is 99.8 Å². The molecule has 0 fully saturated rings. The van der Waals surface area contributed by atoms with Crippen molar-refractivity contribution in [3.05, 3.63) is 0 Å². The molecular formula is C12H27O3P. The fourth-order valence-corrected chi connectivity index (χ4v) is 2.94. The van der Waals surface area contributed by atoms with Gasteiger partial charge in [-0.05, 0) is 12.8 Å². The molecule has 0 heterocycles. The Bertz CT molecular complexity index is 200. The van der Waals surface area contributed by atoms with Crippen LogP contribution < -0.4 is 0 Å². The molecule has 0 bridgehead atoms. The number of hydrogen-bond acceptors (Lipinski definition) is 1. The van der Waals surface area contributed by atoms with E-state index in [1.165, 1.54) is 32.1 Å². The molecule has 0 aliphatic carbocycles. The second kappa shape index (κ2) is 9.21. The molecule has 1 atom stereocenters. The second-order valence-corrected chi connectivity index (χ2v) is 6.47. The van der Waals surface area contributed by atoms with Crippen LogP contribution in [0.3, 0.4) is 0 Å². The first-order chi connectivity index (χ1) is 7.52. The highest BCUT2D eigenvalue weighted by Gasteiger charge is 2.25. The van der Waals surface area contributed by atoms with Crippen LogP contribution in [0.25, 0.3) is 0 Å². The second-order valence-electron chi connectivity index (χ2n) is 4.56. The Morgan fingerprint density at radius 3 is 1.88 bits per heavy atom. The largest absolute Gasteiger partial charge is 0.328 e. The fraction of sp³-hybridized carbons (Fsp3) is 1.00. The smallest absolute Gasteiger partial charge is 0.324 e. The van der Waals surface area contributed by atoms with Crippen LogP contribution in [0.5, 0.6) is 0 Å². The van der Waals surface area contributed by atoms with Crippen molar-refractivity contribution in [2.24, 2.45) is 0 Å². The molecule has 0 aromatic carbocycles. The summed E-state index contributed by atoms with van der Waals surface area (Å²) in [7, 11) is -3.84. The SMILES string of the molecule is CCCCCCCCCC(CC)P(=O)(O)O. The summed E-state index contributed by atoms with van der Waals surface area (Å²) in [6, 6.07) is 0. The quantitative estimate of drug-likeness (QED) is 0.453. The van der Waals surface area contributed by atoms with Gasteiger partial charge in [0.05, 0.1) is 5.66 Å². The average Bonchev–Trinajstić information content (AvgIpc) is 2.20. The third-order valence-electron chi connectivity index (χ3n) is 3.09. The minimum absolute atomic E-state index is 0.414. The molecule has 16 heavy (non-hydrogen) atoms. The predicted molar refractivity (Wildman–Crippen MR) is 68.7 cm³/mol. The Balaban J connectivity index is 3.46. The Morgan fingerprint density at radius 2 is 1.44 bits per heavy atom. The van der Waals surface area contributed by atoms with E-state index in [4.69, 9.17) is 9.79 Å². The fourth-order valence-electron chi connectivity index (χ4n) is 1.95. The minimum Gasteiger partial charge on any atom is -0.324 e. The van der Waals surface area contributed by atoms with Crippen molar-refractivity contribution in [3.63, 3.8) is 0 Å². The van der Waals surface area contributed by atoms with Gasteiger partial charge in [0.25, 0.3) is 0 Å². The van der Waals surface area contributed by atoms with Crippen LogP contribution in [0, 0.1) is 0 Å². The molecule has 0 aliphatic rings. The van der Waals surface area contributed by atoms with Crippen molar-refractivity contribution in [1.82, 2.24) is 0 Å². The molecular weight excluding hydrogens is 223 g/mol. The van der Waals surface area contributed by atoms with E-state index in [9.17, 15) is 4.57 Å². The van der Waals surface area contributed by atoms with Gasteiger partial charge in [-0.25, -0.2) is 0 Å². The molecule has 0 saturated carbocycles. The van der Waals surface area contributed by atoms with Gasteiger partial charge in [-0.15, -0.1) is 0 Å². The Hall–Kier alpha value is 0.150. The van der Waals surface area contributed by atoms with Gasteiger partial charge < -0.3 is 9.79 Å². The first kappa shape index (κ1) is 16.1. The zero-order valence-corrected chi connectivity index (χ0v) is 11.6. The molecule has 98 valence electrons. The van der Waals surface area contributed by atoms with Crippen LogP contribution >= 0.6 is 7.60 Å². The summed E-state index contributed by atoms with van der Waals surface area (Å²) in [5.41, 5.74) is -0.414. The highest BCUT2D eigenvalue weighted by Crippen LogP contribution is 2.45. The summed E-state index contributed by atoms with van der Waals surface area (Å²) < 4.78 is 11.1. The van der Waals surface area contributed by atoms with Gasteiger partial charge in [0.2, 0.25) is 0 Å². The molecule has 0 aromatic rings. The average molecular weight is 250 g/mol. The molecule has 4 heteroatoms. The first-order valence-electron chi connectivity index (χ1n) is 6.57. The van der Waals surface area contributed by atoms with Gasteiger partial charge in [-0.2, -0.15) is 0 Å². The molecule has 2 N–H and O–H groups in total. The van der Waals surface area contributed by atoms with Crippen LogP contribution in [-0.2, 0) is 4.57 Å². The number of rotatable bonds is 10. The summed E-state index contributed by atoms with van der Waals surface area (Å²) in [4.78, 5) is 18.1. The molecule has 0 amide bonds. The van der Waals surface area contributed by atoms with E-state index in [1.54, 1.807) is 0 Å². The summed E-state index contributed by atoms with van der Waals surface area (Å²) in [5.74, 6) is 0. The molecule has 0 rings (SSSR count). The zero-order chi connectivity index (χ0) is 12.4. The van der Waals surface area contributed by atoms with Gasteiger partial charge in [-0.1, -0.05) is 58.8 Å². The van der Waals surface area contributed by atoms with Crippen molar-refractivity contribution in [2.75, 3.05) is 0 Å². The molecule has 0 aliphatic heterocycles. The van der Waals surface area contributed by atoms with E-state index >= 15 is 0 Å². The molecule has 1 unspecified atom stereocenters. The molecule has 0 saturated heterocycles. The van der Waals surface area contributed by atoms with Crippen LogP contribution in [0.1, 0.15) is 71.6 Å². The lowest BCUT2D eigenvalue weighted by Crippen LogP contribution is -2.06. The van der Waals surface area contributed by atoms with Gasteiger partial charge >= 0.3 is 7.60 Å². The molecule has 0 aromatic heterocycles. The third-order valence-corrected chi connectivity index (χ3v) is 4.66. The standard InChI is InChI=1S/C12H27O3P/c1-3-5-6-7-8-9-10-11-12(4-2)16(13,14)15/h12H,3-11H2,1-2H3,(H2,13,14,15). The van der Waals surface area contributed by atoms with Crippen molar-refractivity contribution < 1.29 is 14.4 Å². The molecule has 0 spiro atoms. The lowest BCUT2D eigenvalue weighted by atomic mass is 10.1. The van der Waals surface area contributed by atoms with E-state index in [2.05, 4.69) is 6.92 Å². The van der Waals surface area contributed by atoms with Crippen LogP contribution in [-0.4, -0.2) is 15.4 Å². The maximum absolute atomic E-state index is 11.1. The van der Waals surface area contributed by atoms with E-state index in [1.807, 2.05) is 6.92 Å². The predicted octanol–water partition coefficient (Wildman–Crippen LogP) is 4.08. The Kier molecular flexibility index (Phi) is 9.29. The van der Waals surface area contributed by atoms with Crippen molar-refractivity contribution in [1.29, 1.82) is 0 Å². The van der Waals surface area contributed by atoms with Gasteiger partial charge in [0.15, 0.2) is 0 Å². The van der Waals surface area contributed by atoms with Gasteiger partial charge in [-0.3, -0.25) is 4.57 Å². The highest BCUT2D eigenvalue weighted by atomic mass is 31.2. The lowest BCUT2D eigenvalue weighted by Gasteiger charge is -2.15. The van der Waals surface area contributed by atoms with Crippen molar-refractivity contribution >= 4 is 7.60 Å². The first-order valence-corrected chi connectivity index (χ1v) is 8.25. The van der Waals surface area contributed by atoms with E-state index in [0.29, 0.717) is 12.8 Å². The minimum atomic E-state index is -3.84. The maximum atomic E-state index is 11.1. The van der Waals surface area contributed by atoms with E-state index in [-0.39, 0.29) is 0 Å². The molecule has 3 nitrogen and oxygen atoms in total. The summed E-state index contributed by atoms with van der Waals surface area (Å²) >= 11 is 0. The van der Waals surface area contributed by atoms with Gasteiger partial charge in [0.1, 0.15) is 0 Å². The van der Waals surface area contributed by atoms with E-state index in [0.717, 1.165) is 12.8 Å². The highest BCUT2D eigenvalue weighted by molar-refractivity contribution is 7.52. The normalized spacial score (nSPS) is 14.0. The van der Waals surface area contributed by atoms with E-state index < -0.39 is 13.3 Å². The number of hydrogen-bond donors (Lipinski definition) is 2. The summed E-state index contributed by atoms with van der Waals surface area (Å²) in [6.45, 7) is 4.05. The molecule has 0 radical (unpaired) electrons. The topological polar surface area (TPSA) is 57.5 Å². The summed E-state index contributed by atoms with van der Waals surface area (Å²) in [6.07, 6.45) is 9.66. The Morgan fingerprint density at radius 1 is 0.938 bits per heavy atom. The van der Waals surface area contributed by atoms with Crippen molar-refractivity contribution in [3.8, 4) is 0 Å². The van der Waals surface area contributed by atoms with Crippen LogP contribution in [0.15, 0.2) is 0 Å². The van der Waals surface area contributed by atoms with Crippen molar-refractivity contribution in [2.45, 2.75) is 77.3 Å². The number of unbranched alkanes of at least 4 members (excludes halogenated alkanes) is 6. The third kappa shape index (κ3) is 8.32.